The number of halogens is 2. The monoisotopic (exact) mass is 290 g/mol. The predicted octanol–water partition coefficient (Wildman–Crippen LogP) is 2.37. The average Bonchev–Trinajstić information content (AvgIpc) is 2.31. The van der Waals surface area contributed by atoms with Crippen LogP contribution in [0.15, 0.2) is 12.3 Å². The summed E-state index contributed by atoms with van der Waals surface area (Å²) in [5.41, 5.74) is 0.173. The number of carbonyl (C=O) groups is 2. The molecule has 1 unspecified atom stereocenters. The Kier molecular flexibility index (Phi) is 5.37. The van der Waals surface area contributed by atoms with E-state index in [0.717, 1.165) is 0 Å². The zero-order chi connectivity index (χ0) is 13.7. The van der Waals surface area contributed by atoms with E-state index < -0.39 is 17.9 Å². The van der Waals surface area contributed by atoms with Crippen LogP contribution in [0.4, 0.5) is 0 Å². The van der Waals surface area contributed by atoms with E-state index in [1.807, 2.05) is 6.92 Å². The van der Waals surface area contributed by atoms with Gasteiger partial charge in [-0.15, -0.1) is 0 Å². The van der Waals surface area contributed by atoms with E-state index in [-0.39, 0.29) is 15.7 Å². The van der Waals surface area contributed by atoms with E-state index >= 15 is 0 Å². The Labute approximate surface area is 114 Å². The zero-order valence-electron chi connectivity index (χ0n) is 9.61. The van der Waals surface area contributed by atoms with Gasteiger partial charge in [-0.3, -0.25) is 4.79 Å². The second-order valence-electron chi connectivity index (χ2n) is 3.65. The summed E-state index contributed by atoms with van der Waals surface area (Å²) in [5, 5.41) is 11.6. The topological polar surface area (TPSA) is 79.3 Å². The van der Waals surface area contributed by atoms with Crippen LogP contribution in [0.5, 0.6) is 0 Å². The summed E-state index contributed by atoms with van der Waals surface area (Å²) in [6.45, 7) is 1.84. The summed E-state index contributed by atoms with van der Waals surface area (Å²) < 4.78 is 0. The average molecular weight is 291 g/mol. The Morgan fingerprint density at radius 1 is 1.50 bits per heavy atom. The highest BCUT2D eigenvalue weighted by Crippen LogP contribution is 2.19. The normalized spacial score (nSPS) is 11.9. The fraction of sp³-hybridized carbons (Fsp3) is 0.364. The summed E-state index contributed by atoms with van der Waals surface area (Å²) in [6.07, 6.45) is 2.25. The maximum absolute atomic E-state index is 11.8. The molecule has 0 aliphatic rings. The third-order valence-electron chi connectivity index (χ3n) is 2.24. The first-order chi connectivity index (χ1) is 8.45. The molecule has 98 valence electrons. The Morgan fingerprint density at radius 2 is 2.17 bits per heavy atom. The number of aliphatic carboxylic acids is 1. The molecule has 0 aliphatic carbocycles. The van der Waals surface area contributed by atoms with Crippen molar-refractivity contribution in [2.45, 2.75) is 25.8 Å². The van der Waals surface area contributed by atoms with Gasteiger partial charge in [0, 0.05) is 6.20 Å². The molecule has 0 spiro atoms. The molecule has 0 aromatic carbocycles. The standard InChI is InChI=1S/C11H12Cl2N2O3/c1-2-3-8(11(17)18)15-10(16)6-4-7(12)9(13)14-5-6/h4-5,8H,2-3H2,1H3,(H,15,16)(H,17,18). The number of carbonyl (C=O) groups excluding carboxylic acids is 1. The van der Waals surface area contributed by atoms with Crippen LogP contribution in [0.1, 0.15) is 30.1 Å². The number of nitrogens with zero attached hydrogens (tertiary/aromatic N) is 1. The fourth-order valence-corrected chi connectivity index (χ4v) is 1.60. The Hall–Kier alpha value is -1.33. The third kappa shape index (κ3) is 3.85. The van der Waals surface area contributed by atoms with Gasteiger partial charge >= 0.3 is 5.97 Å². The van der Waals surface area contributed by atoms with Crippen molar-refractivity contribution in [3.63, 3.8) is 0 Å². The summed E-state index contributed by atoms with van der Waals surface area (Å²) in [5.74, 6) is -1.61. The highest BCUT2D eigenvalue weighted by Gasteiger charge is 2.20. The molecule has 1 atom stereocenters. The molecule has 1 rings (SSSR count). The maximum Gasteiger partial charge on any atom is 0.326 e. The Bertz CT molecular complexity index is 466. The number of nitrogens with one attached hydrogen (secondary N) is 1. The lowest BCUT2D eigenvalue weighted by molar-refractivity contribution is -0.139. The molecule has 1 aromatic heterocycles. The van der Waals surface area contributed by atoms with Crippen molar-refractivity contribution in [3.8, 4) is 0 Å². The summed E-state index contributed by atoms with van der Waals surface area (Å²) in [6, 6.07) is 0.425. The Balaban J connectivity index is 2.80. The van der Waals surface area contributed by atoms with Gasteiger partial charge in [0.05, 0.1) is 10.6 Å². The first kappa shape index (κ1) is 14.7. The molecular weight excluding hydrogens is 279 g/mol. The lowest BCUT2D eigenvalue weighted by atomic mass is 10.1. The van der Waals surface area contributed by atoms with Crippen LogP contribution in [0.25, 0.3) is 0 Å². The molecule has 18 heavy (non-hydrogen) atoms. The maximum atomic E-state index is 11.8. The van der Waals surface area contributed by atoms with E-state index in [9.17, 15) is 9.59 Å². The molecule has 0 saturated heterocycles. The van der Waals surface area contributed by atoms with Gasteiger partial charge in [-0.2, -0.15) is 0 Å². The number of carboxylic acids is 1. The van der Waals surface area contributed by atoms with E-state index in [1.54, 1.807) is 0 Å². The molecule has 1 aromatic rings. The summed E-state index contributed by atoms with van der Waals surface area (Å²) in [7, 11) is 0. The van der Waals surface area contributed by atoms with E-state index in [0.29, 0.717) is 12.8 Å². The highest BCUT2D eigenvalue weighted by atomic mass is 35.5. The number of amides is 1. The van der Waals surface area contributed by atoms with Crippen molar-refractivity contribution < 1.29 is 14.7 Å². The fourth-order valence-electron chi connectivity index (χ4n) is 1.33. The summed E-state index contributed by atoms with van der Waals surface area (Å²) >= 11 is 11.3. The second-order valence-corrected chi connectivity index (χ2v) is 4.41. The molecule has 0 bridgehead atoms. The molecular formula is C11H12Cl2N2O3. The number of aromatic nitrogens is 1. The van der Waals surface area contributed by atoms with Gasteiger partial charge in [0.15, 0.2) is 0 Å². The lowest BCUT2D eigenvalue weighted by Gasteiger charge is -2.13. The second kappa shape index (κ2) is 6.56. The van der Waals surface area contributed by atoms with Gasteiger partial charge in [0.2, 0.25) is 0 Å². The molecule has 0 saturated carbocycles. The molecule has 0 aliphatic heterocycles. The molecule has 1 heterocycles. The Morgan fingerprint density at radius 3 is 2.67 bits per heavy atom. The van der Waals surface area contributed by atoms with Gasteiger partial charge in [0.1, 0.15) is 11.2 Å². The van der Waals surface area contributed by atoms with Gasteiger partial charge in [-0.25, -0.2) is 9.78 Å². The summed E-state index contributed by atoms with van der Waals surface area (Å²) in [4.78, 5) is 26.4. The zero-order valence-corrected chi connectivity index (χ0v) is 11.1. The molecule has 0 fully saturated rings. The predicted molar refractivity (Wildman–Crippen MR) is 68.1 cm³/mol. The molecule has 7 heteroatoms. The molecule has 0 radical (unpaired) electrons. The quantitative estimate of drug-likeness (QED) is 0.816. The third-order valence-corrected chi connectivity index (χ3v) is 2.93. The molecule has 5 nitrogen and oxygen atoms in total. The number of hydrogen-bond donors (Lipinski definition) is 2. The smallest absolute Gasteiger partial charge is 0.326 e. The van der Waals surface area contributed by atoms with Crippen LogP contribution in [0.2, 0.25) is 10.2 Å². The van der Waals surface area contributed by atoms with Gasteiger partial charge in [-0.05, 0) is 12.5 Å². The van der Waals surface area contributed by atoms with Crippen molar-refractivity contribution in [1.82, 2.24) is 10.3 Å². The van der Waals surface area contributed by atoms with Crippen LogP contribution in [0.3, 0.4) is 0 Å². The number of hydrogen-bond acceptors (Lipinski definition) is 3. The first-order valence-corrected chi connectivity index (χ1v) is 6.06. The van der Waals surface area contributed by atoms with Crippen molar-refractivity contribution >= 4 is 35.1 Å². The SMILES string of the molecule is CCCC(NC(=O)c1cnc(Cl)c(Cl)c1)C(=O)O. The number of rotatable bonds is 5. The molecule has 2 N–H and O–H groups in total. The van der Waals surface area contributed by atoms with Gasteiger partial charge in [-0.1, -0.05) is 36.5 Å². The largest absolute Gasteiger partial charge is 0.480 e. The lowest BCUT2D eigenvalue weighted by Crippen LogP contribution is -2.40. The van der Waals surface area contributed by atoms with E-state index in [4.69, 9.17) is 28.3 Å². The minimum atomic E-state index is -1.07. The van der Waals surface area contributed by atoms with Crippen molar-refractivity contribution in [2.24, 2.45) is 0 Å². The van der Waals surface area contributed by atoms with Crippen LogP contribution >= 0.6 is 23.2 Å². The number of pyridine rings is 1. The van der Waals surface area contributed by atoms with E-state index in [1.165, 1.54) is 12.3 Å². The molecule has 1 amide bonds. The minimum Gasteiger partial charge on any atom is -0.480 e. The van der Waals surface area contributed by atoms with Crippen LogP contribution < -0.4 is 5.32 Å². The van der Waals surface area contributed by atoms with Crippen molar-refractivity contribution in [2.75, 3.05) is 0 Å². The van der Waals surface area contributed by atoms with Crippen LogP contribution in [-0.2, 0) is 4.79 Å². The van der Waals surface area contributed by atoms with Crippen molar-refractivity contribution in [3.05, 3.63) is 28.0 Å². The van der Waals surface area contributed by atoms with E-state index in [2.05, 4.69) is 10.3 Å². The van der Waals surface area contributed by atoms with Gasteiger partial charge < -0.3 is 10.4 Å². The number of carboxylic acid groups (broad SMARTS) is 1. The van der Waals surface area contributed by atoms with Crippen molar-refractivity contribution in [1.29, 1.82) is 0 Å². The van der Waals surface area contributed by atoms with Gasteiger partial charge in [0.25, 0.3) is 5.91 Å². The van der Waals surface area contributed by atoms with Crippen LogP contribution in [-0.4, -0.2) is 28.0 Å². The highest BCUT2D eigenvalue weighted by molar-refractivity contribution is 6.41. The first-order valence-electron chi connectivity index (χ1n) is 5.30. The minimum absolute atomic E-state index is 0.0940. The van der Waals surface area contributed by atoms with Crippen LogP contribution in [0, 0.1) is 0 Å².